The molecule has 0 bridgehead atoms. The average molecular weight is 410 g/mol. The number of thioether (sulfide) groups is 1. The van der Waals surface area contributed by atoms with Crippen LogP contribution in [0.15, 0.2) is 33.1 Å². The van der Waals surface area contributed by atoms with E-state index in [1.807, 2.05) is 25.1 Å². The predicted octanol–water partition coefficient (Wildman–Crippen LogP) is 4.66. The molecule has 0 fully saturated rings. The van der Waals surface area contributed by atoms with Crippen LogP contribution in [-0.4, -0.2) is 26.5 Å². The summed E-state index contributed by atoms with van der Waals surface area (Å²) in [6.45, 7) is 5.51. The number of hydrogen-bond acceptors (Lipinski definition) is 8. The van der Waals surface area contributed by atoms with Gasteiger partial charge in [-0.15, -0.1) is 10.2 Å². The maximum atomic E-state index is 12.2. The highest BCUT2D eigenvalue weighted by molar-refractivity contribution is 8.02. The van der Waals surface area contributed by atoms with Crippen molar-refractivity contribution in [3.63, 3.8) is 0 Å². The summed E-state index contributed by atoms with van der Waals surface area (Å²) in [5.74, 6) is 0.137. The molecule has 1 amide bonds. The highest BCUT2D eigenvalue weighted by Crippen LogP contribution is 2.32. The first-order valence-electron chi connectivity index (χ1n) is 7.69. The highest BCUT2D eigenvalue weighted by atomic mass is 35.5. The van der Waals surface area contributed by atoms with Crippen molar-refractivity contribution in [3.8, 4) is 0 Å². The molecule has 0 aliphatic carbocycles. The summed E-state index contributed by atoms with van der Waals surface area (Å²) < 4.78 is 5.67. The maximum Gasteiger partial charge on any atom is 0.240 e. The van der Waals surface area contributed by atoms with Crippen molar-refractivity contribution < 1.29 is 9.32 Å². The predicted molar refractivity (Wildman–Crippen MR) is 105 cm³/mol. The lowest BCUT2D eigenvalue weighted by molar-refractivity contribution is -0.115. The average Bonchev–Trinajstić information content (AvgIpc) is 3.20. The fraction of sp³-hybridized carbons (Fsp3) is 0.250. The topological polar surface area (TPSA) is 92.9 Å². The van der Waals surface area contributed by atoms with E-state index < -0.39 is 0 Å². The minimum Gasteiger partial charge on any atom is -0.338 e. The van der Waals surface area contributed by atoms with E-state index in [0.29, 0.717) is 26.1 Å². The Balaban J connectivity index is 1.60. The van der Waals surface area contributed by atoms with E-state index in [1.165, 1.54) is 23.1 Å². The SMILES string of the molecule is Cc1cc(NC(=O)C(C)Sc2nnc(Nc3cccc(Cl)c3C)s2)on1. The van der Waals surface area contributed by atoms with Crippen LogP contribution < -0.4 is 10.6 Å². The fourth-order valence-electron chi connectivity index (χ4n) is 2.02. The quantitative estimate of drug-likeness (QED) is 0.572. The van der Waals surface area contributed by atoms with Gasteiger partial charge in [-0.05, 0) is 38.5 Å². The normalized spacial score (nSPS) is 12.0. The van der Waals surface area contributed by atoms with Crippen LogP contribution in [-0.2, 0) is 4.79 Å². The minimum atomic E-state index is -0.367. The Morgan fingerprint density at radius 2 is 2.15 bits per heavy atom. The number of nitrogens with one attached hydrogen (secondary N) is 2. The van der Waals surface area contributed by atoms with Gasteiger partial charge in [0.25, 0.3) is 0 Å². The summed E-state index contributed by atoms with van der Waals surface area (Å²) in [5.41, 5.74) is 2.52. The number of anilines is 3. The molecule has 1 atom stereocenters. The van der Waals surface area contributed by atoms with Crippen molar-refractivity contribution in [2.24, 2.45) is 0 Å². The molecule has 2 heterocycles. The Hall–Kier alpha value is -2.10. The molecule has 0 saturated heterocycles. The van der Waals surface area contributed by atoms with Crippen LogP contribution in [0.2, 0.25) is 5.02 Å². The molecule has 0 aliphatic rings. The molecular formula is C16H16ClN5O2S2. The summed E-state index contributed by atoms with van der Waals surface area (Å²) in [4.78, 5) is 12.2. The van der Waals surface area contributed by atoms with Crippen LogP contribution in [0.5, 0.6) is 0 Å². The third-order valence-corrected chi connectivity index (χ3v) is 5.87. The van der Waals surface area contributed by atoms with Crippen molar-refractivity contribution in [1.29, 1.82) is 0 Å². The number of benzene rings is 1. The summed E-state index contributed by atoms with van der Waals surface area (Å²) in [5, 5.41) is 18.8. The third-order valence-electron chi connectivity index (χ3n) is 3.44. The highest BCUT2D eigenvalue weighted by Gasteiger charge is 2.19. The molecule has 3 rings (SSSR count). The molecule has 7 nitrogen and oxygen atoms in total. The lowest BCUT2D eigenvalue weighted by Gasteiger charge is -2.08. The largest absolute Gasteiger partial charge is 0.338 e. The minimum absolute atomic E-state index is 0.193. The summed E-state index contributed by atoms with van der Waals surface area (Å²) in [6.07, 6.45) is 0. The van der Waals surface area contributed by atoms with Crippen LogP contribution in [0.4, 0.5) is 16.7 Å². The molecule has 2 N–H and O–H groups in total. The van der Waals surface area contributed by atoms with Gasteiger partial charge in [0, 0.05) is 16.8 Å². The van der Waals surface area contributed by atoms with Gasteiger partial charge < -0.3 is 9.84 Å². The zero-order chi connectivity index (χ0) is 18.7. The van der Waals surface area contributed by atoms with Crippen LogP contribution in [0.3, 0.4) is 0 Å². The second-order valence-electron chi connectivity index (χ2n) is 5.49. The Morgan fingerprint density at radius 3 is 2.88 bits per heavy atom. The Morgan fingerprint density at radius 1 is 1.35 bits per heavy atom. The Kier molecular flexibility index (Phi) is 5.80. The van der Waals surface area contributed by atoms with Gasteiger partial charge in [0.05, 0.1) is 10.9 Å². The first-order chi connectivity index (χ1) is 12.4. The molecular weight excluding hydrogens is 394 g/mol. The van der Waals surface area contributed by atoms with Crippen molar-refractivity contribution in [1.82, 2.24) is 15.4 Å². The monoisotopic (exact) mass is 409 g/mol. The van der Waals surface area contributed by atoms with E-state index in [0.717, 1.165) is 11.3 Å². The Bertz CT molecular complexity index is 927. The van der Waals surface area contributed by atoms with E-state index in [4.69, 9.17) is 16.1 Å². The summed E-state index contributed by atoms with van der Waals surface area (Å²) in [7, 11) is 0. The van der Waals surface area contributed by atoms with Gasteiger partial charge in [0.1, 0.15) is 0 Å². The molecule has 2 aromatic heterocycles. The van der Waals surface area contributed by atoms with Gasteiger partial charge in [-0.3, -0.25) is 10.1 Å². The second-order valence-corrected chi connectivity index (χ2v) is 8.47. The lowest BCUT2D eigenvalue weighted by atomic mass is 10.2. The van der Waals surface area contributed by atoms with Gasteiger partial charge in [0.15, 0.2) is 4.34 Å². The molecule has 1 aromatic carbocycles. The molecule has 10 heteroatoms. The zero-order valence-electron chi connectivity index (χ0n) is 14.2. The van der Waals surface area contributed by atoms with Crippen molar-refractivity contribution >= 4 is 57.3 Å². The molecule has 0 radical (unpaired) electrons. The van der Waals surface area contributed by atoms with E-state index in [1.54, 1.807) is 19.9 Å². The molecule has 1 unspecified atom stereocenters. The number of carbonyl (C=O) groups excluding carboxylic acids is 1. The van der Waals surface area contributed by atoms with Gasteiger partial charge in [0.2, 0.25) is 16.9 Å². The third kappa shape index (κ3) is 4.54. The van der Waals surface area contributed by atoms with Crippen LogP contribution in [0.1, 0.15) is 18.2 Å². The number of aryl methyl sites for hydroxylation is 1. The number of rotatable bonds is 6. The first-order valence-corrected chi connectivity index (χ1v) is 9.76. The number of halogens is 1. The molecule has 26 heavy (non-hydrogen) atoms. The van der Waals surface area contributed by atoms with Gasteiger partial charge in [-0.2, -0.15) is 0 Å². The maximum absolute atomic E-state index is 12.2. The fourth-order valence-corrected chi connectivity index (χ4v) is 4.10. The smallest absolute Gasteiger partial charge is 0.240 e. The van der Waals surface area contributed by atoms with Crippen LogP contribution >= 0.6 is 34.7 Å². The van der Waals surface area contributed by atoms with E-state index in [9.17, 15) is 4.79 Å². The molecule has 0 saturated carbocycles. The summed E-state index contributed by atoms with van der Waals surface area (Å²) in [6, 6.07) is 7.28. The zero-order valence-corrected chi connectivity index (χ0v) is 16.6. The number of aromatic nitrogens is 3. The van der Waals surface area contributed by atoms with Gasteiger partial charge in [-0.1, -0.05) is 45.9 Å². The molecule has 0 aliphatic heterocycles. The number of hydrogen-bond donors (Lipinski definition) is 2. The number of amides is 1. The van der Waals surface area contributed by atoms with Crippen molar-refractivity contribution in [3.05, 3.63) is 40.5 Å². The number of carbonyl (C=O) groups is 1. The van der Waals surface area contributed by atoms with Crippen molar-refractivity contribution in [2.45, 2.75) is 30.4 Å². The van der Waals surface area contributed by atoms with E-state index >= 15 is 0 Å². The molecule has 3 aromatic rings. The molecule has 136 valence electrons. The van der Waals surface area contributed by atoms with Crippen molar-refractivity contribution in [2.75, 3.05) is 10.6 Å². The second kappa shape index (κ2) is 8.07. The lowest BCUT2D eigenvalue weighted by Crippen LogP contribution is -2.22. The van der Waals surface area contributed by atoms with E-state index in [-0.39, 0.29) is 11.2 Å². The van der Waals surface area contributed by atoms with Gasteiger partial charge >= 0.3 is 0 Å². The van der Waals surface area contributed by atoms with Crippen LogP contribution in [0, 0.1) is 13.8 Å². The van der Waals surface area contributed by atoms with Crippen LogP contribution in [0.25, 0.3) is 0 Å². The molecule has 0 spiro atoms. The summed E-state index contributed by atoms with van der Waals surface area (Å²) >= 11 is 8.81. The number of nitrogens with zero attached hydrogens (tertiary/aromatic N) is 3. The van der Waals surface area contributed by atoms with E-state index in [2.05, 4.69) is 26.0 Å². The Labute approximate surface area is 163 Å². The van der Waals surface area contributed by atoms with Gasteiger partial charge in [-0.25, -0.2) is 0 Å². The first kappa shape index (κ1) is 18.7. The standard InChI is InChI=1S/C16H16ClN5O2S2/c1-8-7-13(24-22-8)19-14(23)10(3)25-16-21-20-15(26-16)18-12-6-4-5-11(17)9(12)2/h4-7,10H,1-3H3,(H,18,20)(H,19,23).